The van der Waals surface area contributed by atoms with Crippen molar-refractivity contribution in [2.75, 3.05) is 0 Å². The molecule has 0 bridgehead atoms. The Morgan fingerprint density at radius 1 is 1.50 bits per heavy atom. The molecule has 2 heterocycles. The fourth-order valence-electron chi connectivity index (χ4n) is 1.39. The van der Waals surface area contributed by atoms with Gasteiger partial charge in [0.1, 0.15) is 12.2 Å². The predicted octanol–water partition coefficient (Wildman–Crippen LogP) is 1.18. The predicted molar refractivity (Wildman–Crippen MR) is 54.2 cm³/mol. The van der Waals surface area contributed by atoms with E-state index in [1.165, 1.54) is 6.07 Å². The van der Waals surface area contributed by atoms with Crippen molar-refractivity contribution in [2.45, 2.75) is 19.9 Å². The van der Waals surface area contributed by atoms with Crippen LogP contribution in [-0.2, 0) is 13.0 Å². The molecule has 6 nitrogen and oxygen atoms in total. The second-order valence-electron chi connectivity index (χ2n) is 3.27. The van der Waals surface area contributed by atoms with Crippen molar-refractivity contribution >= 4 is 5.97 Å². The summed E-state index contributed by atoms with van der Waals surface area (Å²) in [4.78, 5) is 10.8. The normalized spacial score (nSPS) is 10.6. The Labute approximate surface area is 91.5 Å². The van der Waals surface area contributed by atoms with Crippen molar-refractivity contribution in [1.82, 2.24) is 14.8 Å². The molecule has 84 valence electrons. The van der Waals surface area contributed by atoms with Crippen LogP contribution in [0.5, 0.6) is 0 Å². The minimum atomic E-state index is -0.972. The van der Waals surface area contributed by atoms with Crippen molar-refractivity contribution in [3.8, 4) is 0 Å². The van der Waals surface area contributed by atoms with Crippen LogP contribution < -0.4 is 0 Å². The zero-order valence-electron chi connectivity index (χ0n) is 8.75. The van der Waals surface area contributed by atoms with Gasteiger partial charge >= 0.3 is 5.97 Å². The first kappa shape index (κ1) is 10.4. The third-order valence-electron chi connectivity index (χ3n) is 2.17. The summed E-state index contributed by atoms with van der Waals surface area (Å²) >= 11 is 0. The highest BCUT2D eigenvalue weighted by Gasteiger charge is 2.11. The Morgan fingerprint density at radius 3 is 2.88 bits per heavy atom. The van der Waals surface area contributed by atoms with Gasteiger partial charge in [-0.3, -0.25) is 0 Å². The molecule has 0 amide bonds. The van der Waals surface area contributed by atoms with E-state index in [0.29, 0.717) is 18.2 Å². The molecule has 16 heavy (non-hydrogen) atoms. The molecule has 0 radical (unpaired) electrons. The molecule has 0 spiro atoms. The van der Waals surface area contributed by atoms with Gasteiger partial charge in [0, 0.05) is 12.6 Å². The highest BCUT2D eigenvalue weighted by molar-refractivity contribution is 5.85. The van der Waals surface area contributed by atoms with E-state index >= 15 is 0 Å². The van der Waals surface area contributed by atoms with Crippen molar-refractivity contribution in [1.29, 1.82) is 0 Å². The molecule has 2 aromatic heterocycles. The average Bonchev–Trinajstić information content (AvgIpc) is 2.87. The zero-order valence-corrected chi connectivity index (χ0v) is 8.75. The Hall–Kier alpha value is -2.11. The van der Waals surface area contributed by atoms with Gasteiger partial charge in [-0.05, 0) is 12.1 Å². The van der Waals surface area contributed by atoms with Crippen LogP contribution in [0.4, 0.5) is 0 Å². The first-order valence-electron chi connectivity index (χ1n) is 4.90. The molecule has 1 N–H and O–H groups in total. The van der Waals surface area contributed by atoms with Crippen LogP contribution in [0.15, 0.2) is 22.7 Å². The summed E-state index contributed by atoms with van der Waals surface area (Å²) in [5.41, 5.74) is 0.205. The number of hydrogen-bond acceptors (Lipinski definition) is 4. The van der Waals surface area contributed by atoms with Crippen LogP contribution in [0, 0.1) is 0 Å². The number of aromatic carboxylic acids is 1. The van der Waals surface area contributed by atoms with Gasteiger partial charge < -0.3 is 14.1 Å². The maximum absolute atomic E-state index is 10.8. The summed E-state index contributed by atoms with van der Waals surface area (Å²) in [6.07, 6.45) is 2.34. The first-order chi connectivity index (χ1) is 7.70. The number of hydrogen-bond donors (Lipinski definition) is 1. The van der Waals surface area contributed by atoms with Crippen molar-refractivity contribution in [3.05, 3.63) is 35.8 Å². The lowest BCUT2D eigenvalue weighted by molar-refractivity contribution is 0.0685. The van der Waals surface area contributed by atoms with Crippen LogP contribution >= 0.6 is 0 Å². The van der Waals surface area contributed by atoms with E-state index in [-0.39, 0.29) is 12.2 Å². The van der Waals surface area contributed by atoms with Gasteiger partial charge in [-0.2, -0.15) is 0 Å². The highest BCUT2D eigenvalue weighted by Crippen LogP contribution is 2.07. The Balaban J connectivity index is 2.20. The molecular weight excluding hydrogens is 210 g/mol. The van der Waals surface area contributed by atoms with E-state index in [4.69, 9.17) is 9.52 Å². The Bertz CT molecular complexity index is 501. The summed E-state index contributed by atoms with van der Waals surface area (Å²) in [6, 6.07) is 3.19. The van der Waals surface area contributed by atoms with Gasteiger partial charge in [-0.15, -0.1) is 10.2 Å². The number of carboxylic acid groups (broad SMARTS) is 1. The molecule has 0 aromatic carbocycles. The molecule has 0 saturated carbocycles. The fraction of sp³-hybridized carbons (Fsp3) is 0.300. The molecule has 2 rings (SSSR count). The second-order valence-corrected chi connectivity index (χ2v) is 3.27. The van der Waals surface area contributed by atoms with E-state index in [1.807, 2.05) is 6.92 Å². The maximum Gasteiger partial charge on any atom is 0.352 e. The van der Waals surface area contributed by atoms with Crippen LogP contribution in [0.3, 0.4) is 0 Å². The molecule has 2 aromatic rings. The summed E-state index contributed by atoms with van der Waals surface area (Å²) in [6.45, 7) is 2.19. The minimum Gasteiger partial charge on any atom is -0.477 e. The molecule has 0 fully saturated rings. The molecule has 0 saturated heterocycles. The van der Waals surface area contributed by atoms with Crippen molar-refractivity contribution in [2.24, 2.45) is 0 Å². The van der Waals surface area contributed by atoms with Crippen LogP contribution in [-0.4, -0.2) is 25.8 Å². The molecule has 0 unspecified atom stereocenters. The monoisotopic (exact) mass is 221 g/mol. The molecule has 0 aliphatic carbocycles. The number of carbonyl (C=O) groups is 1. The van der Waals surface area contributed by atoms with Gasteiger partial charge in [-0.1, -0.05) is 6.92 Å². The molecule has 6 heteroatoms. The number of aromatic nitrogens is 3. The lowest BCUT2D eigenvalue weighted by Crippen LogP contribution is -2.08. The summed E-state index contributed by atoms with van der Waals surface area (Å²) in [7, 11) is 0. The van der Waals surface area contributed by atoms with Gasteiger partial charge in [0.15, 0.2) is 0 Å². The quantitative estimate of drug-likeness (QED) is 0.838. The average molecular weight is 221 g/mol. The summed E-state index contributed by atoms with van der Waals surface area (Å²) in [5.74, 6) is -0.00480. The number of rotatable bonds is 4. The van der Waals surface area contributed by atoms with E-state index in [0.717, 1.165) is 0 Å². The summed E-state index contributed by atoms with van der Waals surface area (Å²) < 4.78 is 6.86. The van der Waals surface area contributed by atoms with E-state index < -0.39 is 5.97 Å². The van der Waals surface area contributed by atoms with Crippen LogP contribution in [0.2, 0.25) is 0 Å². The standard InChI is InChI=1S/C10H11N3O3/c1-2-8-11-12-9(16-8)6-13-5-3-4-7(13)10(14)15/h3-5H,2,6H2,1H3,(H,14,15). The highest BCUT2D eigenvalue weighted by atomic mass is 16.4. The Kier molecular flexibility index (Phi) is 2.72. The lowest BCUT2D eigenvalue weighted by atomic mass is 10.4. The largest absolute Gasteiger partial charge is 0.477 e. The SMILES string of the molecule is CCc1nnc(Cn2cccc2C(=O)O)o1. The van der Waals surface area contributed by atoms with Gasteiger partial charge in [0.05, 0.1) is 0 Å². The fourth-order valence-corrected chi connectivity index (χ4v) is 1.39. The molecule has 0 aliphatic rings. The molecule has 0 atom stereocenters. The Morgan fingerprint density at radius 2 is 2.25 bits per heavy atom. The van der Waals surface area contributed by atoms with Crippen LogP contribution in [0.25, 0.3) is 0 Å². The molecule has 0 aliphatic heterocycles. The van der Waals surface area contributed by atoms with E-state index in [2.05, 4.69) is 10.2 Å². The molecular formula is C10H11N3O3. The maximum atomic E-state index is 10.8. The topological polar surface area (TPSA) is 81.2 Å². The van der Waals surface area contributed by atoms with Gasteiger partial charge in [-0.25, -0.2) is 4.79 Å². The minimum absolute atomic E-state index is 0.205. The second kappa shape index (κ2) is 4.18. The third-order valence-corrected chi connectivity index (χ3v) is 2.17. The van der Waals surface area contributed by atoms with E-state index in [9.17, 15) is 4.79 Å². The summed E-state index contributed by atoms with van der Waals surface area (Å²) in [5, 5.41) is 16.5. The number of nitrogens with zero attached hydrogens (tertiary/aromatic N) is 3. The number of aryl methyl sites for hydroxylation is 1. The van der Waals surface area contributed by atoms with Gasteiger partial charge in [0.2, 0.25) is 11.8 Å². The van der Waals surface area contributed by atoms with Crippen LogP contribution in [0.1, 0.15) is 29.2 Å². The first-order valence-corrected chi connectivity index (χ1v) is 4.90. The third kappa shape index (κ3) is 1.95. The lowest BCUT2D eigenvalue weighted by Gasteiger charge is -2.01. The van der Waals surface area contributed by atoms with E-state index in [1.54, 1.807) is 16.8 Å². The number of carboxylic acids is 1. The zero-order chi connectivity index (χ0) is 11.5. The van der Waals surface area contributed by atoms with Crippen molar-refractivity contribution < 1.29 is 14.3 Å². The smallest absolute Gasteiger partial charge is 0.352 e. The van der Waals surface area contributed by atoms with Crippen molar-refractivity contribution in [3.63, 3.8) is 0 Å². The van der Waals surface area contributed by atoms with Gasteiger partial charge in [0.25, 0.3) is 0 Å².